The van der Waals surface area contributed by atoms with Crippen molar-refractivity contribution in [3.05, 3.63) is 66.0 Å². The zero-order chi connectivity index (χ0) is 18.5. The van der Waals surface area contributed by atoms with E-state index >= 15 is 0 Å². The second-order valence-corrected chi connectivity index (χ2v) is 6.74. The number of benzene rings is 1. The number of hydrogen-bond donors (Lipinski definition) is 2. The zero-order valence-electron chi connectivity index (χ0n) is 15.0. The van der Waals surface area contributed by atoms with Gasteiger partial charge in [0.05, 0.1) is 17.5 Å². The predicted molar refractivity (Wildman–Crippen MR) is 102 cm³/mol. The molecule has 0 aliphatic heterocycles. The number of aromatic amines is 1. The number of ether oxygens (including phenoxy) is 1. The zero-order valence-corrected chi connectivity index (χ0v) is 15.0. The molecule has 0 unspecified atom stereocenters. The Morgan fingerprint density at radius 3 is 2.67 bits per heavy atom. The molecule has 1 fully saturated rings. The Balaban J connectivity index is 1.36. The lowest BCUT2D eigenvalue weighted by Crippen LogP contribution is -2.23. The summed E-state index contributed by atoms with van der Waals surface area (Å²) in [6.45, 7) is 0.398. The maximum absolute atomic E-state index is 12.6. The second-order valence-electron chi connectivity index (χ2n) is 6.74. The first kappa shape index (κ1) is 17.3. The first-order valence-electron chi connectivity index (χ1n) is 9.28. The van der Waals surface area contributed by atoms with Gasteiger partial charge < -0.3 is 10.1 Å². The lowest BCUT2D eigenvalue weighted by atomic mass is 10.1. The van der Waals surface area contributed by atoms with Crippen molar-refractivity contribution in [3.63, 3.8) is 0 Å². The highest BCUT2D eigenvalue weighted by Crippen LogP contribution is 2.23. The third kappa shape index (κ3) is 4.16. The van der Waals surface area contributed by atoms with E-state index in [-0.39, 0.29) is 5.91 Å². The standard InChI is InChI=1S/C21H22N4O2/c26-21(18-14-24-25-20(18)16-6-2-1-3-7-16)23-13-15-10-11-19(22-12-15)27-17-8-4-5-9-17/h1-3,6-7,10-12,14,17H,4-5,8-9,13H2,(H,23,26)(H,24,25). The van der Waals surface area contributed by atoms with Gasteiger partial charge in [0.2, 0.25) is 5.88 Å². The molecule has 2 N–H and O–H groups in total. The Morgan fingerprint density at radius 1 is 1.11 bits per heavy atom. The molecular weight excluding hydrogens is 340 g/mol. The number of pyridine rings is 1. The topological polar surface area (TPSA) is 79.9 Å². The van der Waals surface area contributed by atoms with Crippen molar-refractivity contribution in [1.82, 2.24) is 20.5 Å². The minimum absolute atomic E-state index is 0.172. The highest BCUT2D eigenvalue weighted by Gasteiger charge is 2.17. The largest absolute Gasteiger partial charge is 0.474 e. The van der Waals surface area contributed by atoms with Gasteiger partial charge >= 0.3 is 0 Å². The van der Waals surface area contributed by atoms with Crippen molar-refractivity contribution in [2.45, 2.75) is 38.3 Å². The number of carbonyl (C=O) groups is 1. The number of nitrogens with zero attached hydrogens (tertiary/aromatic N) is 2. The molecule has 6 nitrogen and oxygen atoms in total. The molecule has 6 heteroatoms. The summed E-state index contributed by atoms with van der Waals surface area (Å²) in [5.41, 5.74) is 3.09. The van der Waals surface area contributed by atoms with E-state index in [1.54, 1.807) is 12.4 Å². The molecule has 138 valence electrons. The molecule has 0 radical (unpaired) electrons. The number of H-pyrrole nitrogens is 1. The molecule has 4 rings (SSSR count). The van der Waals surface area contributed by atoms with Crippen LogP contribution in [-0.2, 0) is 6.54 Å². The minimum Gasteiger partial charge on any atom is -0.474 e. The number of amides is 1. The van der Waals surface area contributed by atoms with Crippen LogP contribution in [0.5, 0.6) is 5.88 Å². The van der Waals surface area contributed by atoms with Crippen LogP contribution in [0.4, 0.5) is 0 Å². The van der Waals surface area contributed by atoms with Gasteiger partial charge in [-0.25, -0.2) is 4.98 Å². The molecule has 0 saturated heterocycles. The van der Waals surface area contributed by atoms with E-state index in [1.807, 2.05) is 42.5 Å². The quantitative estimate of drug-likeness (QED) is 0.700. The molecule has 2 heterocycles. The molecule has 1 amide bonds. The Morgan fingerprint density at radius 2 is 1.93 bits per heavy atom. The van der Waals surface area contributed by atoms with Crippen LogP contribution in [0.2, 0.25) is 0 Å². The van der Waals surface area contributed by atoms with Crippen molar-refractivity contribution in [1.29, 1.82) is 0 Å². The maximum atomic E-state index is 12.6. The summed E-state index contributed by atoms with van der Waals surface area (Å²) < 4.78 is 5.87. The molecule has 1 aliphatic rings. The molecule has 0 bridgehead atoms. The van der Waals surface area contributed by atoms with Gasteiger partial charge in [0, 0.05) is 24.4 Å². The fraction of sp³-hybridized carbons (Fsp3) is 0.286. The van der Waals surface area contributed by atoms with E-state index in [1.165, 1.54) is 12.8 Å². The summed E-state index contributed by atoms with van der Waals surface area (Å²) in [4.78, 5) is 16.9. The summed E-state index contributed by atoms with van der Waals surface area (Å²) in [6, 6.07) is 13.5. The summed E-state index contributed by atoms with van der Waals surface area (Å²) >= 11 is 0. The van der Waals surface area contributed by atoms with Gasteiger partial charge in [0.25, 0.3) is 5.91 Å². The van der Waals surface area contributed by atoms with E-state index in [4.69, 9.17) is 4.74 Å². The van der Waals surface area contributed by atoms with E-state index in [0.29, 0.717) is 29.8 Å². The fourth-order valence-electron chi connectivity index (χ4n) is 3.32. The first-order chi connectivity index (χ1) is 13.3. The molecule has 1 aromatic carbocycles. The van der Waals surface area contributed by atoms with E-state index in [0.717, 1.165) is 24.0 Å². The Kier molecular flexibility index (Phi) is 5.14. The molecular formula is C21H22N4O2. The average Bonchev–Trinajstić information content (AvgIpc) is 3.40. The second kappa shape index (κ2) is 8.03. The number of rotatable bonds is 6. The lowest BCUT2D eigenvalue weighted by Gasteiger charge is -2.12. The SMILES string of the molecule is O=C(NCc1ccc(OC2CCCC2)nc1)c1cn[nH]c1-c1ccccc1. The lowest BCUT2D eigenvalue weighted by molar-refractivity contribution is 0.0951. The number of nitrogens with one attached hydrogen (secondary N) is 2. The fourth-order valence-corrected chi connectivity index (χ4v) is 3.32. The van der Waals surface area contributed by atoms with E-state index < -0.39 is 0 Å². The van der Waals surface area contributed by atoms with Crippen molar-refractivity contribution in [2.24, 2.45) is 0 Å². The summed E-state index contributed by atoms with van der Waals surface area (Å²) in [5.74, 6) is 0.479. The van der Waals surface area contributed by atoms with Crippen molar-refractivity contribution < 1.29 is 9.53 Å². The van der Waals surface area contributed by atoms with Crippen molar-refractivity contribution in [2.75, 3.05) is 0 Å². The van der Waals surface area contributed by atoms with Crippen LogP contribution in [0.1, 0.15) is 41.6 Å². The highest BCUT2D eigenvalue weighted by molar-refractivity contribution is 5.99. The Labute approximate surface area is 158 Å². The third-order valence-electron chi connectivity index (χ3n) is 4.79. The van der Waals surface area contributed by atoms with Crippen molar-refractivity contribution >= 4 is 5.91 Å². The van der Waals surface area contributed by atoms with Gasteiger partial charge in [-0.05, 0) is 31.2 Å². The van der Waals surface area contributed by atoms with Gasteiger partial charge in [-0.2, -0.15) is 5.10 Å². The van der Waals surface area contributed by atoms with E-state index in [2.05, 4.69) is 20.5 Å². The number of hydrogen-bond acceptors (Lipinski definition) is 4. The van der Waals surface area contributed by atoms with E-state index in [9.17, 15) is 4.79 Å². The average molecular weight is 362 g/mol. The summed E-state index contributed by atoms with van der Waals surface area (Å²) in [7, 11) is 0. The Bertz CT molecular complexity index is 884. The van der Waals surface area contributed by atoms with Crippen LogP contribution >= 0.6 is 0 Å². The van der Waals surface area contributed by atoms with Gasteiger partial charge in [-0.3, -0.25) is 9.89 Å². The minimum atomic E-state index is -0.172. The van der Waals surface area contributed by atoms with Crippen LogP contribution in [0.3, 0.4) is 0 Å². The smallest absolute Gasteiger partial charge is 0.255 e. The van der Waals surface area contributed by atoms with Crippen LogP contribution in [-0.4, -0.2) is 27.2 Å². The third-order valence-corrected chi connectivity index (χ3v) is 4.79. The number of carbonyl (C=O) groups excluding carboxylic acids is 1. The molecule has 1 saturated carbocycles. The number of aromatic nitrogens is 3. The van der Waals surface area contributed by atoms with Crippen LogP contribution in [0.15, 0.2) is 54.9 Å². The normalized spacial score (nSPS) is 14.2. The van der Waals surface area contributed by atoms with Crippen LogP contribution < -0.4 is 10.1 Å². The Hall–Kier alpha value is -3.15. The van der Waals surface area contributed by atoms with Gasteiger partial charge in [-0.15, -0.1) is 0 Å². The van der Waals surface area contributed by atoms with Gasteiger partial charge in [0.1, 0.15) is 6.10 Å². The molecule has 1 aliphatic carbocycles. The maximum Gasteiger partial charge on any atom is 0.255 e. The summed E-state index contributed by atoms with van der Waals surface area (Å²) in [6.07, 6.45) is 8.26. The molecule has 3 aromatic rings. The first-order valence-corrected chi connectivity index (χ1v) is 9.28. The molecule has 27 heavy (non-hydrogen) atoms. The van der Waals surface area contributed by atoms with Crippen LogP contribution in [0.25, 0.3) is 11.3 Å². The van der Waals surface area contributed by atoms with Crippen LogP contribution in [0, 0.1) is 0 Å². The summed E-state index contributed by atoms with van der Waals surface area (Å²) in [5, 5.41) is 9.85. The molecule has 2 aromatic heterocycles. The highest BCUT2D eigenvalue weighted by atomic mass is 16.5. The monoisotopic (exact) mass is 362 g/mol. The predicted octanol–water partition coefficient (Wildman–Crippen LogP) is 3.72. The van der Waals surface area contributed by atoms with Gasteiger partial charge in [0.15, 0.2) is 0 Å². The molecule has 0 atom stereocenters. The van der Waals surface area contributed by atoms with Gasteiger partial charge in [-0.1, -0.05) is 36.4 Å². The van der Waals surface area contributed by atoms with Crippen molar-refractivity contribution in [3.8, 4) is 17.1 Å². The molecule has 0 spiro atoms.